The molecule has 1 aliphatic heterocycles. The maximum absolute atomic E-state index is 5.85. The van der Waals surface area contributed by atoms with Crippen molar-refractivity contribution in [3.8, 4) is 5.75 Å². The third-order valence-electron chi connectivity index (χ3n) is 3.98. The number of rotatable bonds is 5. The molecule has 104 valence electrons. The highest BCUT2D eigenvalue weighted by Crippen LogP contribution is 2.33. The molecule has 0 radical (unpaired) electrons. The zero-order chi connectivity index (χ0) is 13.8. The Hall–Kier alpha value is -1.32. The summed E-state index contributed by atoms with van der Waals surface area (Å²) in [6.45, 7) is 2.82. The largest absolute Gasteiger partial charge is 0.494 e. The molecule has 3 heteroatoms. The average Bonchev–Trinajstić information content (AvgIpc) is 2.44. The summed E-state index contributed by atoms with van der Waals surface area (Å²) in [5.41, 5.74) is 1.63. The number of nitrogens with one attached hydrogen (secondary N) is 1. The first-order valence-corrected chi connectivity index (χ1v) is 7.72. The predicted octanol–water partition coefficient (Wildman–Crippen LogP) is 3.76. The van der Waals surface area contributed by atoms with E-state index in [0.717, 1.165) is 36.3 Å². The normalized spacial score (nSPS) is 16.4. The van der Waals surface area contributed by atoms with Gasteiger partial charge in [-0.15, -0.1) is 0 Å². The number of halogens is 1. The van der Waals surface area contributed by atoms with E-state index in [1.807, 2.05) is 30.3 Å². The minimum atomic E-state index is 0.232. The summed E-state index contributed by atoms with van der Waals surface area (Å²) in [5, 5.41) is 3.40. The van der Waals surface area contributed by atoms with E-state index in [0.29, 0.717) is 0 Å². The Morgan fingerprint density at radius 3 is 2.30 bits per heavy atom. The van der Waals surface area contributed by atoms with Gasteiger partial charge < -0.3 is 10.1 Å². The van der Waals surface area contributed by atoms with Gasteiger partial charge in [-0.3, -0.25) is 0 Å². The molecule has 0 unspecified atom stereocenters. The van der Waals surface area contributed by atoms with E-state index in [9.17, 15) is 0 Å². The Morgan fingerprint density at radius 2 is 1.70 bits per heavy atom. The van der Waals surface area contributed by atoms with Crippen LogP contribution in [-0.2, 0) is 5.41 Å². The van der Waals surface area contributed by atoms with Crippen LogP contribution in [0, 0.1) is 0 Å². The van der Waals surface area contributed by atoms with Gasteiger partial charge in [-0.2, -0.15) is 0 Å². The van der Waals surface area contributed by atoms with E-state index in [-0.39, 0.29) is 5.41 Å². The van der Waals surface area contributed by atoms with E-state index < -0.39 is 0 Å². The molecule has 1 heterocycles. The van der Waals surface area contributed by atoms with E-state index in [2.05, 4.69) is 45.5 Å². The lowest BCUT2D eigenvalue weighted by Gasteiger charge is -2.43. The van der Waals surface area contributed by atoms with Crippen molar-refractivity contribution in [1.29, 1.82) is 0 Å². The molecule has 2 aromatic rings. The van der Waals surface area contributed by atoms with Crippen LogP contribution in [0.25, 0.3) is 0 Å². The van der Waals surface area contributed by atoms with Gasteiger partial charge in [0.05, 0.1) is 6.61 Å². The molecular formula is C17H18BrNO. The monoisotopic (exact) mass is 331 g/mol. The molecule has 0 saturated carbocycles. The second-order valence-electron chi connectivity index (χ2n) is 5.30. The summed E-state index contributed by atoms with van der Waals surface area (Å²) in [7, 11) is 0. The minimum Gasteiger partial charge on any atom is -0.494 e. The van der Waals surface area contributed by atoms with Crippen molar-refractivity contribution in [3.63, 3.8) is 0 Å². The molecule has 0 amide bonds. The van der Waals surface area contributed by atoms with E-state index >= 15 is 0 Å². The van der Waals surface area contributed by atoms with Gasteiger partial charge in [0.15, 0.2) is 0 Å². The van der Waals surface area contributed by atoms with Crippen LogP contribution in [0.4, 0.5) is 0 Å². The first-order chi connectivity index (χ1) is 9.78. The second kappa shape index (κ2) is 5.98. The Balaban J connectivity index is 1.63. The summed E-state index contributed by atoms with van der Waals surface area (Å²) in [4.78, 5) is 0. The fourth-order valence-electron chi connectivity index (χ4n) is 2.64. The van der Waals surface area contributed by atoms with Crippen molar-refractivity contribution >= 4 is 15.9 Å². The van der Waals surface area contributed by atoms with Gasteiger partial charge in [0.2, 0.25) is 0 Å². The summed E-state index contributed by atoms with van der Waals surface area (Å²) >= 11 is 3.50. The molecule has 0 bridgehead atoms. The molecule has 0 aliphatic carbocycles. The number of hydrogen-bond donors (Lipinski definition) is 1. The smallest absolute Gasteiger partial charge is 0.119 e. The van der Waals surface area contributed by atoms with Crippen molar-refractivity contribution in [1.82, 2.24) is 5.32 Å². The van der Waals surface area contributed by atoms with Gasteiger partial charge in [0.25, 0.3) is 0 Å². The number of para-hydroxylation sites is 1. The van der Waals surface area contributed by atoms with E-state index in [1.54, 1.807) is 0 Å². The van der Waals surface area contributed by atoms with Crippen LogP contribution in [-0.4, -0.2) is 19.7 Å². The van der Waals surface area contributed by atoms with Crippen LogP contribution in [0.2, 0.25) is 0 Å². The Bertz CT molecular complexity index is 549. The molecule has 20 heavy (non-hydrogen) atoms. The third kappa shape index (κ3) is 2.89. The van der Waals surface area contributed by atoms with Crippen molar-refractivity contribution < 1.29 is 4.74 Å². The van der Waals surface area contributed by atoms with Crippen LogP contribution in [0.3, 0.4) is 0 Å². The Labute approximate surface area is 128 Å². The molecule has 1 N–H and O–H groups in total. The standard InChI is InChI=1S/C17H18BrNO/c18-15-8-6-14(7-9-15)17(12-19-13-17)10-11-20-16-4-2-1-3-5-16/h1-9,19H,10-13H2. The van der Waals surface area contributed by atoms with Gasteiger partial charge in [-0.25, -0.2) is 0 Å². The quantitative estimate of drug-likeness (QED) is 0.900. The van der Waals surface area contributed by atoms with Crippen LogP contribution < -0.4 is 10.1 Å². The van der Waals surface area contributed by atoms with Crippen molar-refractivity contribution in [2.75, 3.05) is 19.7 Å². The van der Waals surface area contributed by atoms with Crippen LogP contribution in [0.1, 0.15) is 12.0 Å². The predicted molar refractivity (Wildman–Crippen MR) is 85.2 cm³/mol. The fourth-order valence-corrected chi connectivity index (χ4v) is 2.90. The molecule has 0 spiro atoms. The zero-order valence-electron chi connectivity index (χ0n) is 11.3. The third-order valence-corrected chi connectivity index (χ3v) is 4.50. The Kier molecular flexibility index (Phi) is 4.08. The van der Waals surface area contributed by atoms with Crippen molar-refractivity contribution in [2.45, 2.75) is 11.8 Å². The number of benzene rings is 2. The first-order valence-electron chi connectivity index (χ1n) is 6.93. The molecular weight excluding hydrogens is 314 g/mol. The molecule has 3 rings (SSSR count). The van der Waals surface area contributed by atoms with Crippen molar-refractivity contribution in [3.05, 3.63) is 64.6 Å². The molecule has 2 nitrogen and oxygen atoms in total. The van der Waals surface area contributed by atoms with Crippen LogP contribution in [0.15, 0.2) is 59.1 Å². The minimum absolute atomic E-state index is 0.232. The Morgan fingerprint density at radius 1 is 1.00 bits per heavy atom. The highest BCUT2D eigenvalue weighted by atomic mass is 79.9. The molecule has 1 fully saturated rings. The average molecular weight is 332 g/mol. The maximum atomic E-state index is 5.85. The number of ether oxygens (including phenoxy) is 1. The van der Waals surface area contributed by atoms with Crippen molar-refractivity contribution in [2.24, 2.45) is 0 Å². The van der Waals surface area contributed by atoms with E-state index in [4.69, 9.17) is 4.74 Å². The molecule has 1 aliphatic rings. The topological polar surface area (TPSA) is 21.3 Å². The lowest BCUT2D eigenvalue weighted by molar-refractivity contribution is 0.199. The van der Waals surface area contributed by atoms with Gasteiger partial charge >= 0.3 is 0 Å². The maximum Gasteiger partial charge on any atom is 0.119 e. The summed E-state index contributed by atoms with van der Waals surface area (Å²) < 4.78 is 6.97. The lowest BCUT2D eigenvalue weighted by atomic mass is 9.73. The molecule has 0 aromatic heterocycles. The molecule has 0 atom stereocenters. The van der Waals surface area contributed by atoms with Crippen LogP contribution in [0.5, 0.6) is 5.75 Å². The second-order valence-corrected chi connectivity index (χ2v) is 6.22. The summed E-state index contributed by atoms with van der Waals surface area (Å²) in [6.07, 6.45) is 1.04. The number of hydrogen-bond acceptors (Lipinski definition) is 2. The van der Waals surface area contributed by atoms with E-state index in [1.165, 1.54) is 5.56 Å². The highest BCUT2D eigenvalue weighted by molar-refractivity contribution is 9.10. The molecule has 1 saturated heterocycles. The van der Waals surface area contributed by atoms with Gasteiger partial charge in [0, 0.05) is 23.0 Å². The molecule has 2 aromatic carbocycles. The van der Waals surface area contributed by atoms with Gasteiger partial charge in [0.1, 0.15) is 5.75 Å². The SMILES string of the molecule is Brc1ccc(C2(CCOc3ccccc3)CNC2)cc1. The fraction of sp³-hybridized carbons (Fsp3) is 0.294. The van der Waals surface area contributed by atoms with Crippen LogP contribution >= 0.6 is 15.9 Å². The zero-order valence-corrected chi connectivity index (χ0v) is 12.9. The highest BCUT2D eigenvalue weighted by Gasteiger charge is 2.38. The summed E-state index contributed by atoms with van der Waals surface area (Å²) in [6, 6.07) is 18.7. The van der Waals surface area contributed by atoms with Gasteiger partial charge in [-0.05, 0) is 36.2 Å². The van der Waals surface area contributed by atoms with Gasteiger partial charge in [-0.1, -0.05) is 46.3 Å². The first kappa shape index (κ1) is 13.7. The summed E-state index contributed by atoms with van der Waals surface area (Å²) in [5.74, 6) is 0.950. The lowest BCUT2D eigenvalue weighted by Crippen LogP contribution is -2.57.